The highest BCUT2D eigenvalue weighted by Crippen LogP contribution is 2.21. The summed E-state index contributed by atoms with van der Waals surface area (Å²) in [6.45, 7) is 3.98. The lowest BCUT2D eigenvalue weighted by Crippen LogP contribution is -2.30. The van der Waals surface area contributed by atoms with E-state index in [1.165, 1.54) is 0 Å². The zero-order valence-electron chi connectivity index (χ0n) is 8.74. The molecule has 1 amide bonds. The van der Waals surface area contributed by atoms with Gasteiger partial charge in [-0.1, -0.05) is 6.08 Å². The minimum absolute atomic E-state index is 0.0146. The molecular formula is C10H17NO3S. The molecule has 0 aromatic carbocycles. The van der Waals surface area contributed by atoms with Crippen LogP contribution in [0.15, 0.2) is 12.7 Å². The smallest absolute Gasteiger partial charge is 0.220 e. The van der Waals surface area contributed by atoms with Gasteiger partial charge in [0.05, 0.1) is 11.5 Å². The Morgan fingerprint density at radius 1 is 1.40 bits per heavy atom. The van der Waals surface area contributed by atoms with Gasteiger partial charge in [0.1, 0.15) is 9.84 Å². The summed E-state index contributed by atoms with van der Waals surface area (Å²) in [6.07, 6.45) is 3.29. The Bertz CT molecular complexity index is 321. The van der Waals surface area contributed by atoms with Gasteiger partial charge in [-0.05, 0) is 18.8 Å². The van der Waals surface area contributed by atoms with Crippen molar-refractivity contribution in [1.82, 2.24) is 5.32 Å². The Hall–Kier alpha value is -0.840. The first-order valence-electron chi connectivity index (χ1n) is 5.11. The Labute approximate surface area is 90.7 Å². The van der Waals surface area contributed by atoms with Gasteiger partial charge in [-0.2, -0.15) is 0 Å². The van der Waals surface area contributed by atoms with Crippen LogP contribution in [0.4, 0.5) is 0 Å². The van der Waals surface area contributed by atoms with Crippen LogP contribution in [0.3, 0.4) is 0 Å². The van der Waals surface area contributed by atoms with Crippen LogP contribution in [0.2, 0.25) is 0 Å². The van der Waals surface area contributed by atoms with Crippen LogP contribution in [0.1, 0.15) is 19.3 Å². The quantitative estimate of drug-likeness (QED) is 0.717. The molecule has 0 saturated carbocycles. The third-order valence-electron chi connectivity index (χ3n) is 2.59. The molecule has 86 valence electrons. The fourth-order valence-electron chi connectivity index (χ4n) is 1.66. The fraction of sp³-hybridized carbons (Fsp3) is 0.700. The molecule has 0 atom stereocenters. The minimum atomic E-state index is -2.82. The van der Waals surface area contributed by atoms with Crippen molar-refractivity contribution in [3.63, 3.8) is 0 Å². The van der Waals surface area contributed by atoms with E-state index in [0.717, 1.165) is 0 Å². The lowest BCUT2D eigenvalue weighted by molar-refractivity contribution is -0.121. The van der Waals surface area contributed by atoms with E-state index in [9.17, 15) is 13.2 Å². The third kappa shape index (κ3) is 4.46. The SMILES string of the molecule is C=CCNC(=O)CC1CCS(=O)(=O)CC1. The summed E-state index contributed by atoms with van der Waals surface area (Å²) >= 11 is 0. The van der Waals surface area contributed by atoms with Gasteiger partial charge in [0.2, 0.25) is 5.91 Å². The number of nitrogens with one attached hydrogen (secondary N) is 1. The molecule has 1 N–H and O–H groups in total. The molecule has 5 heteroatoms. The van der Waals surface area contributed by atoms with Gasteiger partial charge in [0.15, 0.2) is 0 Å². The van der Waals surface area contributed by atoms with Crippen molar-refractivity contribution in [1.29, 1.82) is 0 Å². The molecule has 1 fully saturated rings. The van der Waals surface area contributed by atoms with Crippen LogP contribution in [0, 0.1) is 5.92 Å². The standard InChI is InChI=1S/C10H17NO3S/c1-2-5-11-10(12)8-9-3-6-15(13,14)7-4-9/h2,9H,1,3-8H2,(H,11,12). The molecular weight excluding hydrogens is 214 g/mol. The second-order valence-corrected chi connectivity index (χ2v) is 6.20. The Morgan fingerprint density at radius 3 is 2.53 bits per heavy atom. The maximum atomic E-state index is 11.3. The van der Waals surface area contributed by atoms with Gasteiger partial charge in [-0.25, -0.2) is 8.42 Å². The number of carbonyl (C=O) groups is 1. The summed E-state index contributed by atoms with van der Waals surface area (Å²) in [5.41, 5.74) is 0. The average molecular weight is 231 g/mol. The Balaban J connectivity index is 2.29. The highest BCUT2D eigenvalue weighted by molar-refractivity contribution is 7.91. The van der Waals surface area contributed by atoms with Crippen LogP contribution < -0.4 is 5.32 Å². The van der Waals surface area contributed by atoms with Crippen molar-refractivity contribution in [3.05, 3.63) is 12.7 Å². The van der Waals surface area contributed by atoms with Crippen LogP contribution in [-0.2, 0) is 14.6 Å². The number of hydrogen-bond acceptors (Lipinski definition) is 3. The van der Waals surface area contributed by atoms with Gasteiger partial charge in [0.25, 0.3) is 0 Å². The van der Waals surface area contributed by atoms with E-state index in [0.29, 0.717) is 25.8 Å². The summed E-state index contributed by atoms with van der Waals surface area (Å²) in [5.74, 6) is 0.663. The van der Waals surface area contributed by atoms with Crippen molar-refractivity contribution >= 4 is 15.7 Å². The van der Waals surface area contributed by atoms with Crippen molar-refractivity contribution in [2.24, 2.45) is 5.92 Å². The van der Waals surface area contributed by atoms with Crippen molar-refractivity contribution in [2.45, 2.75) is 19.3 Å². The van der Waals surface area contributed by atoms with Crippen LogP contribution >= 0.6 is 0 Å². The van der Waals surface area contributed by atoms with E-state index in [2.05, 4.69) is 11.9 Å². The molecule has 0 spiro atoms. The molecule has 0 bridgehead atoms. The van der Waals surface area contributed by atoms with Gasteiger partial charge < -0.3 is 5.32 Å². The van der Waals surface area contributed by atoms with Crippen LogP contribution in [0.25, 0.3) is 0 Å². The average Bonchev–Trinajstić information content (AvgIpc) is 2.18. The zero-order valence-corrected chi connectivity index (χ0v) is 9.55. The molecule has 1 aliphatic heterocycles. The van der Waals surface area contributed by atoms with Crippen LogP contribution in [-0.4, -0.2) is 32.4 Å². The normalized spacial score (nSPS) is 20.8. The maximum Gasteiger partial charge on any atom is 0.220 e. The Kier molecular flexibility index (Phi) is 4.32. The van der Waals surface area contributed by atoms with E-state index in [1.54, 1.807) is 6.08 Å². The summed E-state index contributed by atoms with van der Waals surface area (Å²) < 4.78 is 22.3. The Morgan fingerprint density at radius 2 is 2.00 bits per heavy atom. The highest BCUT2D eigenvalue weighted by atomic mass is 32.2. The fourth-order valence-corrected chi connectivity index (χ4v) is 3.25. The number of amides is 1. The molecule has 0 aromatic rings. The van der Waals surface area contributed by atoms with Crippen molar-refractivity contribution < 1.29 is 13.2 Å². The molecule has 0 aromatic heterocycles. The zero-order chi connectivity index (χ0) is 11.3. The minimum Gasteiger partial charge on any atom is -0.353 e. The second-order valence-electron chi connectivity index (χ2n) is 3.89. The molecule has 4 nitrogen and oxygen atoms in total. The lowest BCUT2D eigenvalue weighted by Gasteiger charge is -2.21. The molecule has 0 unspecified atom stereocenters. The summed E-state index contributed by atoms with van der Waals surface area (Å²) in [7, 11) is -2.82. The number of hydrogen-bond donors (Lipinski definition) is 1. The van der Waals surface area contributed by atoms with E-state index >= 15 is 0 Å². The van der Waals surface area contributed by atoms with E-state index in [-0.39, 0.29) is 23.3 Å². The van der Waals surface area contributed by atoms with E-state index in [1.807, 2.05) is 0 Å². The third-order valence-corrected chi connectivity index (χ3v) is 4.31. The number of rotatable bonds is 4. The highest BCUT2D eigenvalue weighted by Gasteiger charge is 2.24. The summed E-state index contributed by atoms with van der Waals surface area (Å²) in [4.78, 5) is 11.3. The second kappa shape index (κ2) is 5.30. The number of sulfone groups is 1. The van der Waals surface area contributed by atoms with Gasteiger partial charge in [-0.15, -0.1) is 6.58 Å². The summed E-state index contributed by atoms with van der Waals surface area (Å²) in [5, 5.41) is 2.69. The van der Waals surface area contributed by atoms with Crippen LogP contribution in [0.5, 0.6) is 0 Å². The first-order chi connectivity index (χ1) is 7.03. The molecule has 0 radical (unpaired) electrons. The van der Waals surface area contributed by atoms with E-state index in [4.69, 9.17) is 0 Å². The number of carbonyl (C=O) groups excluding carboxylic acids is 1. The first kappa shape index (κ1) is 12.2. The lowest BCUT2D eigenvalue weighted by atomic mass is 9.98. The van der Waals surface area contributed by atoms with Crippen molar-refractivity contribution in [3.8, 4) is 0 Å². The summed E-state index contributed by atoms with van der Waals surface area (Å²) in [6, 6.07) is 0. The monoisotopic (exact) mass is 231 g/mol. The molecule has 1 aliphatic rings. The van der Waals surface area contributed by atoms with Gasteiger partial charge >= 0.3 is 0 Å². The molecule has 1 saturated heterocycles. The van der Waals surface area contributed by atoms with E-state index < -0.39 is 9.84 Å². The molecule has 15 heavy (non-hydrogen) atoms. The first-order valence-corrected chi connectivity index (χ1v) is 6.93. The molecule has 1 rings (SSSR count). The topological polar surface area (TPSA) is 63.2 Å². The molecule has 0 aliphatic carbocycles. The predicted molar refractivity (Wildman–Crippen MR) is 59.2 cm³/mol. The molecule has 1 heterocycles. The predicted octanol–water partition coefficient (Wildman–Crippen LogP) is 0.503. The van der Waals surface area contributed by atoms with Crippen molar-refractivity contribution in [2.75, 3.05) is 18.1 Å². The largest absolute Gasteiger partial charge is 0.353 e. The maximum absolute atomic E-state index is 11.3. The van der Waals surface area contributed by atoms with Gasteiger partial charge in [-0.3, -0.25) is 4.79 Å². The van der Waals surface area contributed by atoms with Gasteiger partial charge in [0, 0.05) is 13.0 Å².